The fourth-order valence-corrected chi connectivity index (χ4v) is 6.47. The van der Waals surface area contributed by atoms with Crippen LogP contribution in [0, 0.1) is 0 Å². The number of hydrogen-bond donors (Lipinski definition) is 1. The number of carbonyl (C=O) groups is 2. The van der Waals surface area contributed by atoms with Crippen LogP contribution in [0.2, 0.25) is 10.0 Å². The molecule has 1 amide bonds. The standard InChI is InChI=1S/C28H24Cl2N2O3S/c1-35-28(34)25-19-9-4-2-3-5-11-24(19)36-27(25)32-26(33)20-15-23(18-13-12-16(29)14-21(18)30)31-22-10-7-6-8-17(20)22/h6-8,10,12-15H,2-5,9,11H2,1H3,(H,32,33). The molecular weight excluding hydrogens is 515 g/mol. The van der Waals surface area contributed by atoms with Crippen LogP contribution < -0.4 is 5.32 Å². The first-order chi connectivity index (χ1) is 17.5. The molecule has 0 radical (unpaired) electrons. The number of ether oxygens (including phenoxy) is 1. The summed E-state index contributed by atoms with van der Waals surface area (Å²) in [7, 11) is 1.37. The Hall–Kier alpha value is -2.93. The van der Waals surface area contributed by atoms with E-state index in [2.05, 4.69) is 5.32 Å². The third-order valence-electron chi connectivity index (χ3n) is 6.46. The van der Waals surface area contributed by atoms with Gasteiger partial charge in [0.2, 0.25) is 0 Å². The molecule has 184 valence electrons. The number of hydrogen-bond acceptors (Lipinski definition) is 5. The number of nitrogens with zero attached hydrogens (tertiary/aromatic N) is 1. The van der Waals surface area contributed by atoms with E-state index in [9.17, 15) is 9.59 Å². The number of fused-ring (bicyclic) bond motifs is 2. The molecule has 2 aromatic heterocycles. The first kappa shape index (κ1) is 24.8. The fourth-order valence-electron chi connectivity index (χ4n) is 4.69. The van der Waals surface area contributed by atoms with Gasteiger partial charge >= 0.3 is 5.97 Å². The summed E-state index contributed by atoms with van der Waals surface area (Å²) in [4.78, 5) is 32.4. The number of thiophene rings is 1. The van der Waals surface area contributed by atoms with E-state index < -0.39 is 5.97 Å². The molecule has 2 heterocycles. The smallest absolute Gasteiger partial charge is 0.341 e. The minimum atomic E-state index is -0.420. The largest absolute Gasteiger partial charge is 0.465 e. The maximum atomic E-state index is 13.7. The molecule has 5 rings (SSSR count). The van der Waals surface area contributed by atoms with Gasteiger partial charge in [-0.15, -0.1) is 11.3 Å². The van der Waals surface area contributed by atoms with Gasteiger partial charge in [-0.3, -0.25) is 4.79 Å². The summed E-state index contributed by atoms with van der Waals surface area (Å²) >= 11 is 14.0. The average molecular weight is 539 g/mol. The maximum absolute atomic E-state index is 13.7. The molecule has 0 fully saturated rings. The number of para-hydroxylation sites is 1. The number of esters is 1. The maximum Gasteiger partial charge on any atom is 0.341 e. The first-order valence-corrected chi connectivity index (χ1v) is 13.4. The Kier molecular flexibility index (Phi) is 7.28. The van der Waals surface area contributed by atoms with Gasteiger partial charge in [0.15, 0.2) is 0 Å². The van der Waals surface area contributed by atoms with Crippen molar-refractivity contribution in [3.63, 3.8) is 0 Å². The predicted molar refractivity (Wildman–Crippen MR) is 147 cm³/mol. The molecule has 8 heteroatoms. The number of benzene rings is 2. The van der Waals surface area contributed by atoms with Crippen molar-refractivity contribution in [1.29, 1.82) is 0 Å². The van der Waals surface area contributed by atoms with E-state index in [-0.39, 0.29) is 5.91 Å². The molecule has 2 aromatic carbocycles. The van der Waals surface area contributed by atoms with Crippen LogP contribution >= 0.6 is 34.5 Å². The van der Waals surface area contributed by atoms with Crippen molar-refractivity contribution in [2.45, 2.75) is 38.5 Å². The second kappa shape index (κ2) is 10.6. The highest BCUT2D eigenvalue weighted by Crippen LogP contribution is 2.38. The van der Waals surface area contributed by atoms with Crippen LogP contribution in [0.4, 0.5) is 5.00 Å². The summed E-state index contributed by atoms with van der Waals surface area (Å²) in [6.45, 7) is 0. The van der Waals surface area contributed by atoms with Crippen molar-refractivity contribution in [2.24, 2.45) is 0 Å². The molecule has 0 spiro atoms. The van der Waals surface area contributed by atoms with Gasteiger partial charge in [0.05, 0.1) is 34.5 Å². The number of methoxy groups -OCH3 is 1. The molecule has 0 unspecified atom stereocenters. The minimum absolute atomic E-state index is 0.320. The average Bonchev–Trinajstić information content (AvgIpc) is 3.18. The molecule has 1 N–H and O–H groups in total. The molecule has 0 saturated heterocycles. The van der Waals surface area contributed by atoms with E-state index >= 15 is 0 Å². The van der Waals surface area contributed by atoms with Crippen LogP contribution in [-0.4, -0.2) is 24.0 Å². The summed E-state index contributed by atoms with van der Waals surface area (Å²) in [5.41, 5.74) is 3.83. The zero-order valence-corrected chi connectivity index (χ0v) is 22.0. The number of amides is 1. The highest BCUT2D eigenvalue weighted by molar-refractivity contribution is 7.17. The highest BCUT2D eigenvalue weighted by Gasteiger charge is 2.27. The summed E-state index contributed by atoms with van der Waals surface area (Å²) < 4.78 is 5.11. The lowest BCUT2D eigenvalue weighted by Gasteiger charge is -2.12. The van der Waals surface area contributed by atoms with Crippen LogP contribution in [0.1, 0.15) is 56.8 Å². The lowest BCUT2D eigenvalue weighted by molar-refractivity contribution is 0.0601. The van der Waals surface area contributed by atoms with E-state index in [0.29, 0.717) is 48.3 Å². The SMILES string of the molecule is COC(=O)c1c(NC(=O)c2cc(-c3ccc(Cl)cc3Cl)nc3ccccc23)sc2c1CCCCCC2. The van der Waals surface area contributed by atoms with Crippen molar-refractivity contribution < 1.29 is 14.3 Å². The van der Waals surface area contributed by atoms with E-state index in [0.717, 1.165) is 42.5 Å². The summed E-state index contributed by atoms with van der Waals surface area (Å²) in [6.07, 6.45) is 6.10. The van der Waals surface area contributed by atoms with Crippen LogP contribution in [0.15, 0.2) is 48.5 Å². The Morgan fingerprint density at radius 3 is 2.56 bits per heavy atom. The predicted octanol–water partition coefficient (Wildman–Crippen LogP) is 7.97. The van der Waals surface area contributed by atoms with Gasteiger partial charge in [-0.25, -0.2) is 9.78 Å². The van der Waals surface area contributed by atoms with Gasteiger partial charge in [0.25, 0.3) is 5.91 Å². The van der Waals surface area contributed by atoms with Gasteiger partial charge in [-0.2, -0.15) is 0 Å². The Morgan fingerprint density at radius 1 is 1.00 bits per heavy atom. The Balaban J connectivity index is 1.59. The summed E-state index contributed by atoms with van der Waals surface area (Å²) in [5, 5.41) is 5.24. The van der Waals surface area contributed by atoms with E-state index in [1.807, 2.05) is 24.3 Å². The molecular formula is C28H24Cl2N2O3S. The molecule has 1 aliphatic rings. The van der Waals surface area contributed by atoms with Crippen LogP contribution in [-0.2, 0) is 17.6 Å². The fraction of sp³-hybridized carbons (Fsp3) is 0.250. The van der Waals surface area contributed by atoms with E-state index in [1.165, 1.54) is 24.9 Å². The number of aromatic nitrogens is 1. The number of halogens is 2. The van der Waals surface area contributed by atoms with E-state index in [1.54, 1.807) is 24.3 Å². The van der Waals surface area contributed by atoms with Crippen LogP contribution in [0.25, 0.3) is 22.2 Å². The molecule has 0 atom stereocenters. The Bertz CT molecular complexity index is 1480. The number of aryl methyl sites for hydroxylation is 1. The zero-order chi connectivity index (χ0) is 25.2. The molecule has 0 bridgehead atoms. The van der Waals surface area contributed by atoms with Crippen molar-refractivity contribution in [2.75, 3.05) is 12.4 Å². The number of carbonyl (C=O) groups excluding carboxylic acids is 2. The topological polar surface area (TPSA) is 68.3 Å². The van der Waals surface area contributed by atoms with Crippen molar-refractivity contribution >= 4 is 62.3 Å². The minimum Gasteiger partial charge on any atom is -0.465 e. The molecule has 1 aliphatic carbocycles. The monoisotopic (exact) mass is 538 g/mol. The van der Waals surface area contributed by atoms with Crippen LogP contribution in [0.3, 0.4) is 0 Å². The molecule has 36 heavy (non-hydrogen) atoms. The lowest BCUT2D eigenvalue weighted by Crippen LogP contribution is -2.15. The number of anilines is 1. The first-order valence-electron chi connectivity index (χ1n) is 11.9. The van der Waals surface area contributed by atoms with Crippen molar-refractivity contribution in [3.8, 4) is 11.3 Å². The Morgan fingerprint density at radius 2 is 1.78 bits per heavy atom. The van der Waals surface area contributed by atoms with Gasteiger partial charge in [0.1, 0.15) is 5.00 Å². The highest BCUT2D eigenvalue weighted by atomic mass is 35.5. The molecule has 0 aliphatic heterocycles. The third-order valence-corrected chi connectivity index (χ3v) is 8.21. The molecule has 5 nitrogen and oxygen atoms in total. The Labute approximate surface area is 223 Å². The number of nitrogens with one attached hydrogen (secondary N) is 1. The number of pyridine rings is 1. The zero-order valence-electron chi connectivity index (χ0n) is 19.7. The lowest BCUT2D eigenvalue weighted by atomic mass is 9.96. The second-order valence-corrected chi connectivity index (χ2v) is 10.7. The van der Waals surface area contributed by atoms with Gasteiger partial charge in [-0.1, -0.05) is 54.2 Å². The quantitative estimate of drug-likeness (QED) is 0.267. The molecule has 4 aromatic rings. The van der Waals surface area contributed by atoms with Crippen molar-refractivity contribution in [3.05, 3.63) is 80.1 Å². The third kappa shape index (κ3) is 4.85. The van der Waals surface area contributed by atoms with Gasteiger partial charge in [-0.05, 0) is 61.6 Å². The summed E-state index contributed by atoms with van der Waals surface area (Å²) in [5.74, 6) is -0.740. The number of rotatable bonds is 4. The summed E-state index contributed by atoms with van der Waals surface area (Å²) in [6, 6.07) is 14.4. The van der Waals surface area contributed by atoms with Gasteiger partial charge in [0, 0.05) is 20.8 Å². The van der Waals surface area contributed by atoms with Gasteiger partial charge < -0.3 is 10.1 Å². The molecule has 0 saturated carbocycles. The second-order valence-electron chi connectivity index (χ2n) is 8.76. The van der Waals surface area contributed by atoms with Crippen LogP contribution in [0.5, 0.6) is 0 Å². The van der Waals surface area contributed by atoms with Crippen molar-refractivity contribution in [1.82, 2.24) is 4.98 Å². The normalized spacial score (nSPS) is 13.5. The van der Waals surface area contributed by atoms with E-state index in [4.69, 9.17) is 32.9 Å².